The molecule has 144 valence electrons. The Morgan fingerprint density at radius 2 is 1.46 bits per heavy atom. The molecule has 1 aromatic heterocycles. The van der Waals surface area contributed by atoms with E-state index in [1.807, 2.05) is 24.4 Å². The smallest absolute Gasteiger partial charge is 0.395 e. The van der Waals surface area contributed by atoms with Crippen LogP contribution in [0, 0.1) is 0 Å². The van der Waals surface area contributed by atoms with Crippen LogP contribution in [0.3, 0.4) is 0 Å². The molecule has 8 heteroatoms. The third kappa shape index (κ3) is 17.0. The van der Waals surface area contributed by atoms with Gasteiger partial charge in [0.1, 0.15) is 19.8 Å². The van der Waals surface area contributed by atoms with Crippen LogP contribution in [0.1, 0.15) is 5.69 Å². The van der Waals surface area contributed by atoms with Crippen molar-refractivity contribution in [2.45, 2.75) is 39.3 Å². The van der Waals surface area contributed by atoms with Crippen molar-refractivity contribution in [2.24, 2.45) is 0 Å². The second-order valence-corrected chi connectivity index (χ2v) is 18.1. The SMILES string of the molecule is CN(C)CCN(C)C.C[Si](C)(C)[N-]/C(=[NH+]/[Si](C)(C)C)c1ccccn1.[Li+]. The zero-order chi connectivity index (χ0) is 19.7. The number of hydrogen-bond donors (Lipinski definition) is 1. The summed E-state index contributed by atoms with van der Waals surface area (Å²) in [5.74, 6) is 0.976. The predicted octanol–water partition coefficient (Wildman–Crippen LogP) is -0.934. The minimum Gasteiger partial charge on any atom is -0.395 e. The summed E-state index contributed by atoms with van der Waals surface area (Å²) in [4.78, 5) is 13.6. The maximum atomic E-state index is 4.88. The minimum atomic E-state index is -1.50. The Morgan fingerprint density at radius 3 is 1.77 bits per heavy atom. The quantitative estimate of drug-likeness (QED) is 0.389. The number of nitrogens with one attached hydrogen (secondary N) is 1. The molecule has 1 rings (SSSR count). The molecule has 0 atom stereocenters. The zero-order valence-corrected chi connectivity index (χ0v) is 21.0. The van der Waals surface area contributed by atoms with Gasteiger partial charge in [0.15, 0.2) is 8.24 Å². The number of aromatic nitrogens is 1. The molecule has 0 fully saturated rings. The molecular weight excluding hydrogens is 349 g/mol. The summed E-state index contributed by atoms with van der Waals surface area (Å²) in [6, 6.07) is 5.96. The van der Waals surface area contributed by atoms with Crippen LogP contribution < -0.4 is 23.5 Å². The first-order chi connectivity index (χ1) is 11.3. The number of rotatable bonds is 6. The summed E-state index contributed by atoms with van der Waals surface area (Å²) >= 11 is 0. The van der Waals surface area contributed by atoms with Crippen molar-refractivity contribution in [1.82, 2.24) is 14.8 Å². The normalized spacial score (nSPS) is 12.4. The van der Waals surface area contributed by atoms with E-state index in [0.29, 0.717) is 0 Å². The average molecular weight is 389 g/mol. The minimum absolute atomic E-state index is 0. The van der Waals surface area contributed by atoms with E-state index in [0.717, 1.165) is 24.6 Å². The van der Waals surface area contributed by atoms with Crippen molar-refractivity contribution >= 4 is 22.3 Å². The van der Waals surface area contributed by atoms with Crippen LogP contribution in [0.15, 0.2) is 24.4 Å². The van der Waals surface area contributed by atoms with Crippen molar-refractivity contribution in [1.29, 1.82) is 0 Å². The Bertz CT molecular complexity index is 501. The van der Waals surface area contributed by atoms with E-state index in [-0.39, 0.29) is 18.9 Å². The maximum Gasteiger partial charge on any atom is 1.00 e. The van der Waals surface area contributed by atoms with Gasteiger partial charge in [0.25, 0.3) is 0 Å². The average Bonchev–Trinajstić information content (AvgIpc) is 2.43. The van der Waals surface area contributed by atoms with Gasteiger partial charge in [-0.15, -0.1) is 0 Å². The van der Waals surface area contributed by atoms with Crippen molar-refractivity contribution in [3.63, 3.8) is 0 Å². The second kappa shape index (κ2) is 12.9. The fourth-order valence-electron chi connectivity index (χ4n) is 1.74. The largest absolute Gasteiger partial charge is 1.00 e. The molecule has 0 unspecified atom stereocenters. The number of pyridine rings is 1. The summed E-state index contributed by atoms with van der Waals surface area (Å²) in [5.41, 5.74) is 0.956. The molecule has 0 aromatic carbocycles. The Morgan fingerprint density at radius 1 is 0.962 bits per heavy atom. The molecule has 26 heavy (non-hydrogen) atoms. The fourth-order valence-corrected chi connectivity index (χ4v) is 3.59. The van der Waals surface area contributed by atoms with Crippen molar-refractivity contribution < 1.29 is 23.5 Å². The Labute approximate surface area is 176 Å². The van der Waals surface area contributed by atoms with Crippen LogP contribution in [-0.2, 0) is 0 Å². The molecule has 0 bridgehead atoms. The molecule has 5 nitrogen and oxygen atoms in total. The Balaban J connectivity index is 0. The molecule has 0 saturated carbocycles. The summed E-state index contributed by atoms with van der Waals surface area (Å²) in [6.07, 6.45) is 1.82. The van der Waals surface area contributed by atoms with E-state index in [1.54, 1.807) is 0 Å². The summed E-state index contributed by atoms with van der Waals surface area (Å²) in [7, 11) is 5.45. The first-order valence-corrected chi connectivity index (χ1v) is 15.8. The van der Waals surface area contributed by atoms with Crippen LogP contribution in [0.5, 0.6) is 0 Å². The fraction of sp³-hybridized carbons (Fsp3) is 0.667. The van der Waals surface area contributed by atoms with Gasteiger partial charge in [-0.1, -0.05) is 25.7 Å². The molecule has 0 aliphatic rings. The van der Waals surface area contributed by atoms with Crippen LogP contribution in [-0.4, -0.2) is 78.4 Å². The van der Waals surface area contributed by atoms with E-state index in [2.05, 4.69) is 86.9 Å². The van der Waals surface area contributed by atoms with Gasteiger partial charge in [0.2, 0.25) is 0 Å². The van der Waals surface area contributed by atoms with E-state index < -0.39 is 16.5 Å². The van der Waals surface area contributed by atoms with Gasteiger partial charge in [-0.2, -0.15) is 0 Å². The molecule has 0 spiro atoms. The van der Waals surface area contributed by atoms with Crippen LogP contribution >= 0.6 is 0 Å². The molecule has 1 heterocycles. The third-order valence-corrected chi connectivity index (χ3v) is 4.72. The Hall–Kier alpha value is -0.429. The maximum absolute atomic E-state index is 4.88. The number of likely N-dealkylation sites (N-methyl/N-ethyl adjacent to an activating group) is 2. The summed E-state index contributed by atoms with van der Waals surface area (Å²) in [5, 5.41) is 0. The van der Waals surface area contributed by atoms with Gasteiger partial charge in [0.05, 0.1) is 0 Å². The zero-order valence-electron chi connectivity index (χ0n) is 19.0. The molecule has 1 aromatic rings. The molecule has 0 amide bonds. The number of nitrogens with zero attached hydrogens (tertiary/aromatic N) is 4. The molecule has 0 saturated heterocycles. The van der Waals surface area contributed by atoms with Gasteiger partial charge in [-0.25, -0.2) is 0 Å². The van der Waals surface area contributed by atoms with Gasteiger partial charge in [0, 0.05) is 19.3 Å². The molecular formula is C18H39LiN5Si2+. The van der Waals surface area contributed by atoms with E-state index >= 15 is 0 Å². The molecule has 0 radical (unpaired) electrons. The summed E-state index contributed by atoms with van der Waals surface area (Å²) in [6.45, 7) is 15.8. The topological polar surface area (TPSA) is 47.4 Å². The van der Waals surface area contributed by atoms with Crippen molar-refractivity contribution in [3.05, 3.63) is 35.1 Å². The monoisotopic (exact) mass is 388 g/mol. The predicted molar refractivity (Wildman–Crippen MR) is 116 cm³/mol. The molecule has 1 N–H and O–H groups in total. The van der Waals surface area contributed by atoms with Crippen LogP contribution in [0.4, 0.5) is 0 Å². The standard InChI is InChI=1S/C12H22N3Si2.C6H16N2.Li/c1-16(2,3)14-12(15-17(4,5)6)11-9-7-8-10-13-11;1-7(2)5-6-8(3)4;/h7-10H,1-6H3;5-6H2,1-4H3;/q-1;;+1/p+1. The van der Waals surface area contributed by atoms with Crippen molar-refractivity contribution in [3.8, 4) is 0 Å². The number of hydrogen-bond acceptors (Lipinski definition) is 3. The number of amidine groups is 1. The first kappa shape index (κ1) is 27.8. The van der Waals surface area contributed by atoms with E-state index in [4.69, 9.17) is 4.98 Å². The Kier molecular flexibility index (Phi) is 13.8. The molecule has 0 aliphatic heterocycles. The first-order valence-electron chi connectivity index (χ1n) is 8.89. The van der Waals surface area contributed by atoms with Gasteiger partial charge in [-0.05, 0) is 60.0 Å². The summed E-state index contributed by atoms with van der Waals surface area (Å²) < 4.78 is 3.59. The third-order valence-electron chi connectivity index (χ3n) is 2.84. The van der Waals surface area contributed by atoms with Gasteiger partial charge >= 0.3 is 18.9 Å². The van der Waals surface area contributed by atoms with E-state index in [9.17, 15) is 0 Å². The van der Waals surface area contributed by atoms with Crippen molar-refractivity contribution in [2.75, 3.05) is 41.3 Å². The van der Waals surface area contributed by atoms with Gasteiger partial charge in [-0.3, -0.25) is 4.98 Å². The van der Waals surface area contributed by atoms with Gasteiger partial charge < -0.3 is 19.4 Å². The second-order valence-electron chi connectivity index (χ2n) is 8.83. The van der Waals surface area contributed by atoms with Crippen LogP contribution in [0.2, 0.25) is 39.3 Å². The van der Waals surface area contributed by atoms with Crippen LogP contribution in [0.25, 0.3) is 4.98 Å². The van der Waals surface area contributed by atoms with E-state index in [1.165, 1.54) is 0 Å². The molecule has 0 aliphatic carbocycles.